The van der Waals surface area contributed by atoms with Crippen LogP contribution >= 0.6 is 0 Å². The molecule has 3 rings (SSSR count). The van der Waals surface area contributed by atoms with Gasteiger partial charge in [-0.2, -0.15) is 0 Å². The van der Waals surface area contributed by atoms with E-state index in [0.717, 1.165) is 5.56 Å². The molecular formula is C24H31N5O6. The van der Waals surface area contributed by atoms with Gasteiger partial charge in [-0.25, -0.2) is 4.79 Å². The van der Waals surface area contributed by atoms with Gasteiger partial charge in [-0.1, -0.05) is 12.1 Å². The third kappa shape index (κ3) is 6.75. The molecule has 2 aromatic rings. The zero-order valence-corrected chi connectivity index (χ0v) is 19.9. The van der Waals surface area contributed by atoms with Crippen molar-refractivity contribution in [2.75, 3.05) is 13.7 Å². The normalized spacial score (nSPS) is 18.1. The van der Waals surface area contributed by atoms with Crippen LogP contribution in [0.25, 0.3) is 0 Å². The van der Waals surface area contributed by atoms with E-state index in [0.29, 0.717) is 5.75 Å². The van der Waals surface area contributed by atoms with Crippen LogP contribution < -0.4 is 26.4 Å². The molecule has 0 spiro atoms. The quantitative estimate of drug-likeness (QED) is 0.411. The number of furan rings is 1. The highest BCUT2D eigenvalue weighted by Crippen LogP contribution is 2.22. The van der Waals surface area contributed by atoms with Crippen molar-refractivity contribution < 1.29 is 28.3 Å². The monoisotopic (exact) mass is 485 g/mol. The maximum atomic E-state index is 13.3. The molecule has 1 aromatic carbocycles. The number of ether oxygens (including phenoxy) is 1. The van der Waals surface area contributed by atoms with Gasteiger partial charge in [0.2, 0.25) is 11.8 Å². The molecule has 0 radical (unpaired) electrons. The summed E-state index contributed by atoms with van der Waals surface area (Å²) < 4.78 is 10.4. The third-order valence-electron chi connectivity index (χ3n) is 5.61. The fourth-order valence-corrected chi connectivity index (χ4v) is 3.93. The lowest BCUT2D eigenvalue weighted by atomic mass is 10.0. The number of carbonyl (C=O) groups excluding carboxylic acids is 4. The van der Waals surface area contributed by atoms with Gasteiger partial charge in [0.1, 0.15) is 17.8 Å². The van der Waals surface area contributed by atoms with Crippen molar-refractivity contribution in [2.24, 2.45) is 5.73 Å². The summed E-state index contributed by atoms with van der Waals surface area (Å²) in [7, 11) is 1.55. The number of nitrogens with two attached hydrogens (primary N) is 1. The first-order valence-corrected chi connectivity index (χ1v) is 11.3. The van der Waals surface area contributed by atoms with E-state index in [1.807, 2.05) is 13.8 Å². The average Bonchev–Trinajstić information content (AvgIpc) is 3.48. The van der Waals surface area contributed by atoms with E-state index in [9.17, 15) is 19.2 Å². The van der Waals surface area contributed by atoms with Gasteiger partial charge in [-0.3, -0.25) is 14.4 Å². The smallest absolute Gasteiger partial charge is 0.315 e. The molecule has 3 atom stereocenters. The van der Waals surface area contributed by atoms with Gasteiger partial charge in [-0.05, 0) is 50.1 Å². The van der Waals surface area contributed by atoms with Gasteiger partial charge >= 0.3 is 6.03 Å². The second kappa shape index (κ2) is 11.4. The van der Waals surface area contributed by atoms with E-state index in [2.05, 4.69) is 16.0 Å². The molecular weight excluding hydrogens is 454 g/mol. The maximum Gasteiger partial charge on any atom is 0.315 e. The van der Waals surface area contributed by atoms with Crippen LogP contribution in [0.4, 0.5) is 4.79 Å². The summed E-state index contributed by atoms with van der Waals surface area (Å²) in [5, 5.41) is 8.19. The largest absolute Gasteiger partial charge is 0.497 e. The number of amides is 5. The zero-order chi connectivity index (χ0) is 25.5. The first-order valence-electron chi connectivity index (χ1n) is 11.3. The van der Waals surface area contributed by atoms with Crippen molar-refractivity contribution in [1.29, 1.82) is 0 Å². The molecule has 5 N–H and O–H groups in total. The molecule has 1 aliphatic heterocycles. The molecule has 11 nitrogen and oxygen atoms in total. The highest BCUT2D eigenvalue weighted by molar-refractivity contribution is 5.97. The number of primary amides is 1. The minimum absolute atomic E-state index is 0.0692. The Balaban J connectivity index is 1.74. The molecule has 5 amide bonds. The van der Waals surface area contributed by atoms with Crippen molar-refractivity contribution in [3.05, 3.63) is 54.0 Å². The van der Waals surface area contributed by atoms with Crippen LogP contribution in [0.1, 0.15) is 36.4 Å². The van der Waals surface area contributed by atoms with E-state index < -0.39 is 41.9 Å². The second-order valence-electron chi connectivity index (χ2n) is 8.67. The predicted molar refractivity (Wildman–Crippen MR) is 127 cm³/mol. The molecule has 2 heterocycles. The summed E-state index contributed by atoms with van der Waals surface area (Å²) in [6.45, 7) is 3.75. The summed E-state index contributed by atoms with van der Waals surface area (Å²) in [5.74, 6) is -1.02. The minimum Gasteiger partial charge on any atom is -0.497 e. The lowest BCUT2D eigenvalue weighted by Crippen LogP contribution is -2.53. The van der Waals surface area contributed by atoms with Crippen molar-refractivity contribution in [3.63, 3.8) is 0 Å². The van der Waals surface area contributed by atoms with Gasteiger partial charge in [0, 0.05) is 19.0 Å². The Labute approximate surface area is 203 Å². The maximum absolute atomic E-state index is 13.3. The third-order valence-corrected chi connectivity index (χ3v) is 5.61. The van der Waals surface area contributed by atoms with Crippen LogP contribution in [-0.2, 0) is 16.0 Å². The van der Waals surface area contributed by atoms with Crippen LogP contribution in [0, 0.1) is 0 Å². The molecule has 1 aromatic heterocycles. The van der Waals surface area contributed by atoms with Gasteiger partial charge in [0.15, 0.2) is 5.76 Å². The highest BCUT2D eigenvalue weighted by Gasteiger charge is 2.42. The molecule has 1 saturated heterocycles. The number of urea groups is 1. The van der Waals surface area contributed by atoms with Crippen LogP contribution in [0.5, 0.6) is 5.75 Å². The molecule has 35 heavy (non-hydrogen) atoms. The van der Waals surface area contributed by atoms with E-state index in [1.54, 1.807) is 37.4 Å². The average molecular weight is 486 g/mol. The number of rotatable bonds is 9. The van der Waals surface area contributed by atoms with Crippen molar-refractivity contribution >= 4 is 23.8 Å². The number of likely N-dealkylation sites (tertiary alicyclic amines) is 1. The number of hydrogen-bond donors (Lipinski definition) is 4. The fraction of sp³-hybridized carbons (Fsp3) is 0.417. The summed E-state index contributed by atoms with van der Waals surface area (Å²) in [6, 6.07) is 7.23. The van der Waals surface area contributed by atoms with Gasteiger partial charge < -0.3 is 35.7 Å². The molecule has 0 aliphatic carbocycles. The molecule has 1 aliphatic rings. The predicted octanol–water partition coefficient (Wildman–Crippen LogP) is 0.792. The van der Waals surface area contributed by atoms with E-state index in [4.69, 9.17) is 14.9 Å². The van der Waals surface area contributed by atoms with Gasteiger partial charge in [0.25, 0.3) is 5.91 Å². The first kappa shape index (κ1) is 25.6. The summed E-state index contributed by atoms with van der Waals surface area (Å²) in [6.07, 6.45) is 1.70. The Bertz CT molecular complexity index is 1040. The van der Waals surface area contributed by atoms with E-state index in [1.165, 1.54) is 17.2 Å². The molecule has 188 valence electrons. The SMILES string of the molecule is COc1ccc(CC(NC(=O)C2CC(NC(=O)NC(C)C)CN2C(=O)c2ccco2)C(N)=O)cc1. The number of nitrogens with zero attached hydrogens (tertiary/aromatic N) is 1. The Morgan fingerprint density at radius 1 is 1.14 bits per heavy atom. The lowest BCUT2D eigenvalue weighted by molar-refractivity contribution is -0.129. The van der Waals surface area contributed by atoms with Crippen molar-refractivity contribution in [2.45, 2.75) is 50.9 Å². The van der Waals surface area contributed by atoms with Crippen LogP contribution in [0.15, 0.2) is 47.1 Å². The fourth-order valence-electron chi connectivity index (χ4n) is 3.93. The number of benzene rings is 1. The number of hydrogen-bond acceptors (Lipinski definition) is 6. The first-order chi connectivity index (χ1) is 16.7. The van der Waals surface area contributed by atoms with Crippen LogP contribution in [-0.4, -0.2) is 66.5 Å². The van der Waals surface area contributed by atoms with E-state index in [-0.39, 0.29) is 31.2 Å². The number of carbonyl (C=O) groups is 4. The summed E-state index contributed by atoms with van der Waals surface area (Å²) >= 11 is 0. The molecule has 0 saturated carbocycles. The molecule has 11 heteroatoms. The molecule has 1 fully saturated rings. The summed E-state index contributed by atoms with van der Waals surface area (Å²) in [4.78, 5) is 51.9. The van der Waals surface area contributed by atoms with Crippen molar-refractivity contribution in [1.82, 2.24) is 20.9 Å². The number of methoxy groups -OCH3 is 1. The Morgan fingerprint density at radius 2 is 1.86 bits per heavy atom. The topological polar surface area (TPSA) is 156 Å². The van der Waals surface area contributed by atoms with E-state index >= 15 is 0 Å². The Hall–Kier alpha value is -4.02. The van der Waals surface area contributed by atoms with Crippen LogP contribution in [0.2, 0.25) is 0 Å². The molecule has 0 bridgehead atoms. The summed E-state index contributed by atoms with van der Waals surface area (Å²) in [5.41, 5.74) is 6.33. The standard InChI is InChI=1S/C24H31N5O6/c1-14(2)26-24(33)27-16-12-19(29(13-16)23(32)20-5-4-10-35-20)22(31)28-18(21(25)30)11-15-6-8-17(34-3)9-7-15/h4-10,14,16,18-19H,11-13H2,1-3H3,(H2,25,30)(H,28,31)(H2,26,27,33). The second-order valence-corrected chi connectivity index (χ2v) is 8.67. The van der Waals surface area contributed by atoms with Crippen molar-refractivity contribution in [3.8, 4) is 5.75 Å². The molecule has 3 unspecified atom stereocenters. The lowest BCUT2D eigenvalue weighted by Gasteiger charge is -2.25. The van der Waals surface area contributed by atoms with Gasteiger partial charge in [0.05, 0.1) is 19.4 Å². The Morgan fingerprint density at radius 3 is 2.43 bits per heavy atom. The minimum atomic E-state index is -0.993. The van der Waals surface area contributed by atoms with Crippen LogP contribution in [0.3, 0.4) is 0 Å². The highest BCUT2D eigenvalue weighted by atomic mass is 16.5. The van der Waals surface area contributed by atoms with Gasteiger partial charge in [-0.15, -0.1) is 0 Å². The Kier molecular flexibility index (Phi) is 8.34. The number of nitrogens with one attached hydrogen (secondary N) is 3. The zero-order valence-electron chi connectivity index (χ0n) is 19.9.